The Hall–Kier alpha value is -0.530. The van der Waals surface area contributed by atoms with Crippen molar-refractivity contribution in [3.8, 4) is 0 Å². The molecule has 2 nitrogen and oxygen atoms in total. The zero-order valence-corrected chi connectivity index (χ0v) is 7.21. The predicted octanol–water partition coefficient (Wildman–Crippen LogP) is 1.26. The fraction of sp³-hybridized carbons (Fsp3) is 0.889. The summed E-state index contributed by atoms with van der Waals surface area (Å²) in [5.74, 6) is 1.54. The summed E-state index contributed by atoms with van der Waals surface area (Å²) >= 11 is 0. The molecule has 0 N–H and O–H groups in total. The molecule has 2 heteroatoms. The average Bonchev–Trinajstić information content (AvgIpc) is 2.03. The average molecular weight is 153 g/mol. The highest BCUT2D eigenvalue weighted by Crippen LogP contribution is 2.41. The Morgan fingerprint density at radius 2 is 2.18 bits per heavy atom. The molecule has 0 spiro atoms. The summed E-state index contributed by atoms with van der Waals surface area (Å²) in [6.45, 7) is 5.23. The Kier molecular flexibility index (Phi) is 1.44. The number of likely N-dealkylation sites (tertiary alicyclic amines) is 1. The van der Waals surface area contributed by atoms with Crippen LogP contribution in [-0.2, 0) is 4.79 Å². The van der Waals surface area contributed by atoms with E-state index in [0.717, 1.165) is 13.0 Å². The van der Waals surface area contributed by atoms with E-state index in [9.17, 15) is 4.79 Å². The van der Waals surface area contributed by atoms with Gasteiger partial charge in [-0.25, -0.2) is 0 Å². The van der Waals surface area contributed by atoms with Crippen molar-refractivity contribution in [2.24, 2.45) is 11.8 Å². The molecule has 1 saturated carbocycles. The van der Waals surface area contributed by atoms with E-state index in [1.165, 1.54) is 6.42 Å². The van der Waals surface area contributed by atoms with E-state index in [4.69, 9.17) is 0 Å². The van der Waals surface area contributed by atoms with E-state index in [1.807, 2.05) is 4.90 Å². The van der Waals surface area contributed by atoms with Crippen LogP contribution < -0.4 is 0 Å². The van der Waals surface area contributed by atoms with Gasteiger partial charge in [-0.15, -0.1) is 0 Å². The number of rotatable bonds is 1. The maximum Gasteiger partial charge on any atom is 0.226 e. The van der Waals surface area contributed by atoms with Crippen molar-refractivity contribution in [3.63, 3.8) is 0 Å². The molecule has 1 saturated heterocycles. The van der Waals surface area contributed by atoms with E-state index in [-0.39, 0.29) is 0 Å². The van der Waals surface area contributed by atoms with Crippen molar-refractivity contribution < 1.29 is 4.79 Å². The zero-order valence-electron chi connectivity index (χ0n) is 7.21. The zero-order chi connectivity index (χ0) is 8.01. The molecule has 2 atom stereocenters. The van der Waals surface area contributed by atoms with Crippen LogP contribution in [0.1, 0.15) is 26.7 Å². The second-order valence-corrected chi connectivity index (χ2v) is 4.03. The molecule has 0 aromatic carbocycles. The van der Waals surface area contributed by atoms with Gasteiger partial charge in [-0.1, -0.05) is 0 Å². The summed E-state index contributed by atoms with van der Waals surface area (Å²) < 4.78 is 0. The highest BCUT2D eigenvalue weighted by molar-refractivity contribution is 5.82. The van der Waals surface area contributed by atoms with Crippen LogP contribution in [0.4, 0.5) is 0 Å². The van der Waals surface area contributed by atoms with Gasteiger partial charge in [0.05, 0.1) is 0 Å². The van der Waals surface area contributed by atoms with Gasteiger partial charge in [0, 0.05) is 18.5 Å². The summed E-state index contributed by atoms with van der Waals surface area (Å²) in [4.78, 5) is 13.6. The lowest BCUT2D eigenvalue weighted by Crippen LogP contribution is -2.33. The first kappa shape index (κ1) is 7.14. The third-order valence-corrected chi connectivity index (χ3v) is 3.07. The van der Waals surface area contributed by atoms with E-state index in [2.05, 4.69) is 13.8 Å². The SMILES string of the molecule is CC(C)N1C[C@H]2CC[C@H]2C1=O. The molecule has 0 aromatic heterocycles. The summed E-state index contributed by atoms with van der Waals surface area (Å²) in [5, 5.41) is 0. The van der Waals surface area contributed by atoms with Gasteiger partial charge in [0.25, 0.3) is 0 Å². The third-order valence-electron chi connectivity index (χ3n) is 3.07. The first-order chi connectivity index (χ1) is 5.20. The molecule has 1 aliphatic carbocycles. The first-order valence-corrected chi connectivity index (χ1v) is 4.50. The van der Waals surface area contributed by atoms with Crippen LogP contribution in [0.5, 0.6) is 0 Å². The Labute approximate surface area is 67.6 Å². The Morgan fingerprint density at radius 1 is 1.45 bits per heavy atom. The second kappa shape index (κ2) is 2.23. The smallest absolute Gasteiger partial charge is 0.226 e. The van der Waals surface area contributed by atoms with Crippen LogP contribution in [0.25, 0.3) is 0 Å². The van der Waals surface area contributed by atoms with E-state index in [1.54, 1.807) is 0 Å². The fourth-order valence-corrected chi connectivity index (χ4v) is 2.13. The largest absolute Gasteiger partial charge is 0.340 e. The number of amides is 1. The lowest BCUT2D eigenvalue weighted by Gasteiger charge is -2.25. The number of hydrogen-bond donors (Lipinski definition) is 0. The van der Waals surface area contributed by atoms with Gasteiger partial charge < -0.3 is 4.90 Å². The monoisotopic (exact) mass is 153 g/mol. The summed E-state index contributed by atoms with van der Waals surface area (Å²) in [6.07, 6.45) is 2.42. The predicted molar refractivity (Wildman–Crippen MR) is 43.1 cm³/mol. The normalized spacial score (nSPS) is 35.9. The van der Waals surface area contributed by atoms with E-state index in [0.29, 0.717) is 23.8 Å². The highest BCUT2D eigenvalue weighted by atomic mass is 16.2. The van der Waals surface area contributed by atoms with Crippen molar-refractivity contribution in [3.05, 3.63) is 0 Å². The van der Waals surface area contributed by atoms with Crippen LogP contribution in [-0.4, -0.2) is 23.4 Å². The van der Waals surface area contributed by atoms with Crippen molar-refractivity contribution >= 4 is 5.91 Å². The van der Waals surface area contributed by atoms with E-state index < -0.39 is 0 Å². The maximum atomic E-state index is 11.5. The molecule has 0 unspecified atom stereocenters. The first-order valence-electron chi connectivity index (χ1n) is 4.50. The lowest BCUT2D eigenvalue weighted by molar-refractivity contribution is -0.133. The molecule has 0 radical (unpaired) electrons. The van der Waals surface area contributed by atoms with Crippen LogP contribution in [0.2, 0.25) is 0 Å². The Morgan fingerprint density at radius 3 is 2.45 bits per heavy atom. The third kappa shape index (κ3) is 0.883. The molecule has 1 amide bonds. The second-order valence-electron chi connectivity index (χ2n) is 4.03. The number of carbonyl (C=O) groups excluding carboxylic acids is 1. The van der Waals surface area contributed by atoms with Crippen molar-refractivity contribution in [2.45, 2.75) is 32.7 Å². The van der Waals surface area contributed by atoms with Gasteiger partial charge in [0.2, 0.25) is 5.91 Å². The summed E-state index contributed by atoms with van der Waals surface area (Å²) in [5.41, 5.74) is 0. The van der Waals surface area contributed by atoms with Gasteiger partial charge >= 0.3 is 0 Å². The van der Waals surface area contributed by atoms with Crippen LogP contribution in [0.3, 0.4) is 0 Å². The number of nitrogens with zero attached hydrogens (tertiary/aromatic N) is 1. The van der Waals surface area contributed by atoms with Crippen molar-refractivity contribution in [1.29, 1.82) is 0 Å². The topological polar surface area (TPSA) is 20.3 Å². The molecule has 2 fully saturated rings. The van der Waals surface area contributed by atoms with Gasteiger partial charge in [0.1, 0.15) is 0 Å². The van der Waals surface area contributed by atoms with Gasteiger partial charge in [-0.3, -0.25) is 4.79 Å². The van der Waals surface area contributed by atoms with Gasteiger partial charge in [-0.05, 0) is 32.6 Å². The minimum atomic E-state index is 0.410. The highest BCUT2D eigenvalue weighted by Gasteiger charge is 2.46. The minimum Gasteiger partial charge on any atom is -0.340 e. The summed E-state index contributed by atoms with van der Waals surface area (Å²) in [7, 11) is 0. The lowest BCUT2D eigenvalue weighted by atomic mass is 9.76. The molecule has 2 aliphatic rings. The molecule has 2 rings (SSSR count). The molecule has 0 aromatic rings. The quantitative estimate of drug-likeness (QED) is 0.555. The molecule has 0 bridgehead atoms. The molecule has 62 valence electrons. The van der Waals surface area contributed by atoms with Gasteiger partial charge in [-0.2, -0.15) is 0 Å². The Balaban J connectivity index is 2.09. The number of fused-ring (bicyclic) bond motifs is 1. The molecule has 1 heterocycles. The number of hydrogen-bond acceptors (Lipinski definition) is 1. The van der Waals surface area contributed by atoms with Crippen LogP contribution >= 0.6 is 0 Å². The molecular weight excluding hydrogens is 138 g/mol. The van der Waals surface area contributed by atoms with Crippen molar-refractivity contribution in [2.75, 3.05) is 6.54 Å². The Bertz CT molecular complexity index is 188. The van der Waals surface area contributed by atoms with Crippen LogP contribution in [0.15, 0.2) is 0 Å². The van der Waals surface area contributed by atoms with Crippen molar-refractivity contribution in [1.82, 2.24) is 4.90 Å². The minimum absolute atomic E-state index is 0.410. The van der Waals surface area contributed by atoms with Crippen LogP contribution in [0, 0.1) is 11.8 Å². The molecule has 1 aliphatic heterocycles. The molecular formula is C9H15NO. The number of carbonyl (C=O) groups is 1. The summed E-state index contributed by atoms with van der Waals surface area (Å²) in [6, 6.07) is 0.410. The van der Waals surface area contributed by atoms with Gasteiger partial charge in [0.15, 0.2) is 0 Å². The maximum absolute atomic E-state index is 11.5. The van der Waals surface area contributed by atoms with E-state index >= 15 is 0 Å². The fourth-order valence-electron chi connectivity index (χ4n) is 2.13. The molecule has 11 heavy (non-hydrogen) atoms. The standard InChI is InChI=1S/C9H15NO/c1-6(2)10-5-7-3-4-8(7)9(10)11/h6-8H,3-5H2,1-2H3/t7-,8-/m1/s1.